The summed E-state index contributed by atoms with van der Waals surface area (Å²) in [4.78, 5) is 0. The van der Waals surface area contributed by atoms with Gasteiger partial charge in [-0.25, -0.2) is 0 Å². The number of hydrogen-bond acceptors (Lipinski definition) is 2. The lowest BCUT2D eigenvalue weighted by Crippen LogP contribution is -2.23. The molecule has 2 atom stereocenters. The van der Waals surface area contributed by atoms with Gasteiger partial charge in [-0.3, -0.25) is 0 Å². The zero-order valence-electron chi connectivity index (χ0n) is 9.61. The molecule has 0 amide bonds. The zero-order valence-corrected chi connectivity index (χ0v) is 9.61. The predicted molar refractivity (Wildman–Crippen MR) is 64.0 cm³/mol. The van der Waals surface area contributed by atoms with Crippen molar-refractivity contribution in [2.45, 2.75) is 32.3 Å². The van der Waals surface area contributed by atoms with Crippen LogP contribution in [-0.4, -0.2) is 24.3 Å². The Kier molecular flexibility index (Phi) is 5.37. The first-order valence-electron chi connectivity index (χ1n) is 5.64. The van der Waals surface area contributed by atoms with E-state index in [2.05, 4.69) is 36.5 Å². The van der Waals surface area contributed by atoms with E-state index < -0.39 is 0 Å². The first-order valence-corrected chi connectivity index (χ1v) is 5.64. The molecule has 2 heteroatoms. The molecule has 0 heterocycles. The molecule has 0 aliphatic heterocycles. The summed E-state index contributed by atoms with van der Waals surface area (Å²) in [6, 6.07) is 10.5. The van der Waals surface area contributed by atoms with Crippen molar-refractivity contribution in [2.75, 3.05) is 13.1 Å². The summed E-state index contributed by atoms with van der Waals surface area (Å²) in [5.74, 6) is 0.528. The molecule has 0 fully saturated rings. The molecule has 2 unspecified atom stereocenters. The molecule has 84 valence electrons. The fraction of sp³-hybridized carbons (Fsp3) is 0.538. The maximum absolute atomic E-state index is 9.09. The monoisotopic (exact) mass is 207 g/mol. The molecule has 0 spiro atoms. The van der Waals surface area contributed by atoms with Crippen LogP contribution >= 0.6 is 0 Å². The van der Waals surface area contributed by atoms with E-state index in [0.717, 1.165) is 19.5 Å². The van der Waals surface area contributed by atoms with Gasteiger partial charge < -0.3 is 10.4 Å². The van der Waals surface area contributed by atoms with Crippen molar-refractivity contribution in [1.82, 2.24) is 5.32 Å². The van der Waals surface area contributed by atoms with E-state index in [9.17, 15) is 0 Å². The fourth-order valence-electron chi connectivity index (χ4n) is 1.53. The summed E-state index contributed by atoms with van der Waals surface area (Å²) in [5.41, 5.74) is 1.36. The molecule has 0 bridgehead atoms. The van der Waals surface area contributed by atoms with Crippen LogP contribution in [-0.2, 0) is 0 Å². The molecular formula is C13H21NO. The summed E-state index contributed by atoms with van der Waals surface area (Å²) in [5, 5.41) is 12.4. The first kappa shape index (κ1) is 12.2. The van der Waals surface area contributed by atoms with Crippen molar-refractivity contribution in [2.24, 2.45) is 0 Å². The Labute approximate surface area is 92.3 Å². The van der Waals surface area contributed by atoms with Gasteiger partial charge >= 0.3 is 0 Å². The van der Waals surface area contributed by atoms with Crippen LogP contribution in [0.1, 0.15) is 31.7 Å². The van der Waals surface area contributed by atoms with E-state index >= 15 is 0 Å². The average Bonchev–Trinajstić information content (AvgIpc) is 2.25. The van der Waals surface area contributed by atoms with Crippen molar-refractivity contribution in [1.29, 1.82) is 0 Å². The quantitative estimate of drug-likeness (QED) is 0.701. The van der Waals surface area contributed by atoms with Crippen LogP contribution in [0.15, 0.2) is 30.3 Å². The van der Waals surface area contributed by atoms with Crippen LogP contribution < -0.4 is 5.32 Å². The lowest BCUT2D eigenvalue weighted by atomic mass is 10.0. The van der Waals surface area contributed by atoms with E-state index in [4.69, 9.17) is 5.11 Å². The van der Waals surface area contributed by atoms with E-state index in [1.807, 2.05) is 13.0 Å². The lowest BCUT2D eigenvalue weighted by Gasteiger charge is -2.13. The predicted octanol–water partition coefficient (Wildman–Crippen LogP) is 2.15. The third-order valence-corrected chi connectivity index (χ3v) is 2.56. The minimum absolute atomic E-state index is 0.204. The molecule has 0 aliphatic rings. The van der Waals surface area contributed by atoms with Gasteiger partial charge in [-0.05, 0) is 31.4 Å². The Bertz CT molecular complexity index is 258. The number of benzene rings is 1. The third kappa shape index (κ3) is 4.96. The maximum atomic E-state index is 9.09. The molecule has 1 aromatic carbocycles. The summed E-state index contributed by atoms with van der Waals surface area (Å²) >= 11 is 0. The van der Waals surface area contributed by atoms with Gasteiger partial charge in [-0.15, -0.1) is 0 Å². The number of nitrogens with one attached hydrogen (secondary N) is 1. The molecule has 0 radical (unpaired) electrons. The lowest BCUT2D eigenvalue weighted by molar-refractivity contribution is 0.183. The zero-order chi connectivity index (χ0) is 11.1. The van der Waals surface area contributed by atoms with E-state index in [0.29, 0.717) is 5.92 Å². The van der Waals surface area contributed by atoms with Gasteiger partial charge in [0.25, 0.3) is 0 Å². The molecular weight excluding hydrogens is 186 g/mol. The molecule has 2 nitrogen and oxygen atoms in total. The second-order valence-corrected chi connectivity index (χ2v) is 4.15. The van der Waals surface area contributed by atoms with Crippen molar-refractivity contribution >= 4 is 0 Å². The normalized spacial score (nSPS) is 14.9. The van der Waals surface area contributed by atoms with E-state index in [-0.39, 0.29) is 6.10 Å². The van der Waals surface area contributed by atoms with Gasteiger partial charge in [0.1, 0.15) is 0 Å². The highest BCUT2D eigenvalue weighted by molar-refractivity contribution is 5.18. The van der Waals surface area contributed by atoms with Crippen LogP contribution in [0.3, 0.4) is 0 Å². The highest BCUT2D eigenvalue weighted by Crippen LogP contribution is 2.12. The molecule has 0 saturated carbocycles. The van der Waals surface area contributed by atoms with Gasteiger partial charge in [-0.1, -0.05) is 37.3 Å². The Morgan fingerprint density at radius 1 is 1.20 bits per heavy atom. The SMILES string of the molecule is CC(O)CCNCC(C)c1ccccc1. The molecule has 0 aromatic heterocycles. The van der Waals surface area contributed by atoms with Gasteiger partial charge in [0.2, 0.25) is 0 Å². The van der Waals surface area contributed by atoms with Crippen molar-refractivity contribution in [3.8, 4) is 0 Å². The van der Waals surface area contributed by atoms with Gasteiger partial charge in [0.05, 0.1) is 6.10 Å². The Hall–Kier alpha value is -0.860. The van der Waals surface area contributed by atoms with E-state index in [1.54, 1.807) is 0 Å². The summed E-state index contributed by atoms with van der Waals surface area (Å²) in [7, 11) is 0. The molecule has 1 rings (SSSR count). The first-order chi connectivity index (χ1) is 7.20. The van der Waals surface area contributed by atoms with Gasteiger partial charge in [0.15, 0.2) is 0 Å². The molecule has 1 aromatic rings. The smallest absolute Gasteiger partial charge is 0.0524 e. The fourth-order valence-corrected chi connectivity index (χ4v) is 1.53. The number of aliphatic hydroxyl groups excluding tert-OH is 1. The molecule has 15 heavy (non-hydrogen) atoms. The standard InChI is InChI=1S/C13H21NO/c1-11(10-14-9-8-12(2)15)13-6-4-3-5-7-13/h3-7,11-12,14-15H,8-10H2,1-2H3. The molecule has 2 N–H and O–H groups in total. The number of aliphatic hydroxyl groups is 1. The topological polar surface area (TPSA) is 32.3 Å². The number of rotatable bonds is 6. The van der Waals surface area contributed by atoms with Gasteiger partial charge in [0, 0.05) is 6.54 Å². The van der Waals surface area contributed by atoms with Crippen LogP contribution in [0.4, 0.5) is 0 Å². The highest BCUT2D eigenvalue weighted by atomic mass is 16.3. The minimum atomic E-state index is -0.204. The summed E-state index contributed by atoms with van der Waals surface area (Å²) in [6.07, 6.45) is 0.617. The second kappa shape index (κ2) is 6.59. The van der Waals surface area contributed by atoms with E-state index in [1.165, 1.54) is 5.56 Å². The largest absolute Gasteiger partial charge is 0.393 e. The van der Waals surface area contributed by atoms with Crippen LogP contribution in [0.25, 0.3) is 0 Å². The average molecular weight is 207 g/mol. The highest BCUT2D eigenvalue weighted by Gasteiger charge is 2.03. The van der Waals surface area contributed by atoms with Crippen molar-refractivity contribution in [3.63, 3.8) is 0 Å². The summed E-state index contributed by atoms with van der Waals surface area (Å²) in [6.45, 7) is 5.89. The number of hydrogen-bond donors (Lipinski definition) is 2. The van der Waals surface area contributed by atoms with Gasteiger partial charge in [-0.2, -0.15) is 0 Å². The minimum Gasteiger partial charge on any atom is -0.393 e. The Morgan fingerprint density at radius 2 is 1.87 bits per heavy atom. The third-order valence-electron chi connectivity index (χ3n) is 2.56. The Balaban J connectivity index is 2.22. The van der Waals surface area contributed by atoms with Crippen molar-refractivity contribution in [3.05, 3.63) is 35.9 Å². The Morgan fingerprint density at radius 3 is 2.47 bits per heavy atom. The second-order valence-electron chi connectivity index (χ2n) is 4.15. The molecule has 0 aliphatic carbocycles. The van der Waals surface area contributed by atoms with Crippen LogP contribution in [0.2, 0.25) is 0 Å². The van der Waals surface area contributed by atoms with Crippen LogP contribution in [0.5, 0.6) is 0 Å². The van der Waals surface area contributed by atoms with Crippen molar-refractivity contribution < 1.29 is 5.11 Å². The van der Waals surface area contributed by atoms with Crippen LogP contribution in [0, 0.1) is 0 Å². The molecule has 0 saturated heterocycles. The summed E-state index contributed by atoms with van der Waals surface area (Å²) < 4.78 is 0. The maximum Gasteiger partial charge on any atom is 0.0524 e.